The zero-order chi connectivity index (χ0) is 14.9. The molecule has 0 aromatic heterocycles. The normalized spacial score (nSPS) is 15.5. The maximum atomic E-state index is 10.6. The van der Waals surface area contributed by atoms with E-state index in [1.54, 1.807) is 0 Å². The van der Waals surface area contributed by atoms with Gasteiger partial charge in [-0.1, -0.05) is 56.3 Å². The highest BCUT2D eigenvalue weighted by Crippen LogP contribution is 2.38. The molecular formula is C19H21NO. The molecule has 0 unspecified atom stereocenters. The molecule has 0 amide bonds. The number of benzene rings is 2. The molecule has 2 aromatic carbocycles. The molecule has 1 N–H and O–H groups in total. The van der Waals surface area contributed by atoms with Crippen molar-refractivity contribution in [1.29, 1.82) is 0 Å². The van der Waals surface area contributed by atoms with Gasteiger partial charge in [0.05, 0.1) is 6.04 Å². The predicted octanol–water partition coefficient (Wildman–Crippen LogP) is 4.30. The lowest BCUT2D eigenvalue weighted by Gasteiger charge is -2.27. The lowest BCUT2D eigenvalue weighted by Crippen LogP contribution is -2.19. The minimum Gasteiger partial charge on any atom is -0.507 e. The van der Waals surface area contributed by atoms with Crippen LogP contribution in [0.4, 0.5) is 0 Å². The lowest BCUT2D eigenvalue weighted by atomic mass is 9.77. The Labute approximate surface area is 126 Å². The molecule has 0 radical (unpaired) electrons. The van der Waals surface area contributed by atoms with Crippen LogP contribution in [-0.2, 0) is 5.41 Å². The molecule has 0 bridgehead atoms. The molecule has 108 valence electrons. The van der Waals surface area contributed by atoms with Crippen molar-refractivity contribution < 1.29 is 5.11 Å². The first-order valence-electron chi connectivity index (χ1n) is 7.50. The maximum absolute atomic E-state index is 10.6. The number of aromatic hydroxyl groups is 1. The molecule has 1 aliphatic rings. The lowest BCUT2D eigenvalue weighted by molar-refractivity contribution is 0.452. The number of nitrogens with zero attached hydrogens (tertiary/aromatic N) is 1. The van der Waals surface area contributed by atoms with Crippen molar-refractivity contribution in [3.63, 3.8) is 0 Å². The molecule has 0 spiro atoms. The molecule has 0 atom stereocenters. The molecule has 21 heavy (non-hydrogen) atoms. The number of rotatable bonds is 4. The summed E-state index contributed by atoms with van der Waals surface area (Å²) in [5.74, 6) is 0.343. The first-order chi connectivity index (χ1) is 10.1. The molecule has 0 heterocycles. The van der Waals surface area contributed by atoms with Gasteiger partial charge in [0.2, 0.25) is 0 Å². The first kappa shape index (κ1) is 13.9. The Hall–Kier alpha value is -2.09. The summed E-state index contributed by atoms with van der Waals surface area (Å²) in [4.78, 5) is 4.48. The zero-order valence-corrected chi connectivity index (χ0v) is 12.6. The largest absolute Gasteiger partial charge is 0.507 e. The molecule has 1 fully saturated rings. The Balaban J connectivity index is 1.99. The molecule has 2 nitrogen and oxygen atoms in total. The Morgan fingerprint density at radius 2 is 1.76 bits per heavy atom. The van der Waals surface area contributed by atoms with Crippen molar-refractivity contribution in [2.75, 3.05) is 0 Å². The van der Waals surface area contributed by atoms with Gasteiger partial charge in [0.15, 0.2) is 0 Å². The van der Waals surface area contributed by atoms with Gasteiger partial charge < -0.3 is 5.11 Å². The molecule has 1 saturated carbocycles. The molecule has 0 aliphatic heterocycles. The second-order valence-corrected chi connectivity index (χ2v) is 6.24. The van der Waals surface area contributed by atoms with Gasteiger partial charge in [0.25, 0.3) is 0 Å². The summed E-state index contributed by atoms with van der Waals surface area (Å²) in [5.41, 5.74) is 2.70. The van der Waals surface area contributed by atoms with E-state index in [9.17, 15) is 5.11 Å². The molecule has 0 saturated heterocycles. The van der Waals surface area contributed by atoms with Gasteiger partial charge in [-0.15, -0.1) is 0 Å². The average Bonchev–Trinajstić information content (AvgIpc) is 3.31. The van der Waals surface area contributed by atoms with Gasteiger partial charge in [-0.25, -0.2) is 0 Å². The first-order valence-corrected chi connectivity index (χ1v) is 7.50. The van der Waals surface area contributed by atoms with Gasteiger partial charge in [-0.2, -0.15) is 0 Å². The Kier molecular flexibility index (Phi) is 3.54. The van der Waals surface area contributed by atoms with E-state index >= 15 is 0 Å². The number of para-hydroxylation sites is 1. The number of hydrogen-bond acceptors (Lipinski definition) is 2. The zero-order valence-electron chi connectivity index (χ0n) is 12.6. The van der Waals surface area contributed by atoms with Crippen LogP contribution in [0.25, 0.3) is 0 Å². The second-order valence-electron chi connectivity index (χ2n) is 6.24. The Bertz CT molecular complexity index is 655. The van der Waals surface area contributed by atoms with E-state index in [2.05, 4.69) is 31.0 Å². The van der Waals surface area contributed by atoms with Crippen molar-refractivity contribution in [3.8, 4) is 5.75 Å². The van der Waals surface area contributed by atoms with Crippen molar-refractivity contribution in [3.05, 3.63) is 65.2 Å². The van der Waals surface area contributed by atoms with Gasteiger partial charge in [0.1, 0.15) is 5.75 Å². The van der Waals surface area contributed by atoms with Gasteiger partial charge in [-0.3, -0.25) is 4.99 Å². The summed E-state index contributed by atoms with van der Waals surface area (Å²) >= 11 is 0. The topological polar surface area (TPSA) is 32.6 Å². The summed E-state index contributed by atoms with van der Waals surface area (Å²) in [6.07, 6.45) is 4.16. The van der Waals surface area contributed by atoms with Crippen LogP contribution in [0.3, 0.4) is 0 Å². The van der Waals surface area contributed by atoms with E-state index in [1.165, 1.54) is 18.4 Å². The van der Waals surface area contributed by atoms with Crippen LogP contribution in [0.5, 0.6) is 5.75 Å². The van der Waals surface area contributed by atoms with Crippen LogP contribution in [0, 0.1) is 0 Å². The van der Waals surface area contributed by atoms with E-state index in [0.29, 0.717) is 11.8 Å². The third kappa shape index (κ3) is 2.85. The highest BCUT2D eigenvalue weighted by atomic mass is 16.3. The van der Waals surface area contributed by atoms with Crippen LogP contribution >= 0.6 is 0 Å². The van der Waals surface area contributed by atoms with Crippen molar-refractivity contribution in [2.45, 2.75) is 38.1 Å². The van der Waals surface area contributed by atoms with E-state index in [1.807, 2.05) is 42.6 Å². The maximum Gasteiger partial charge on any atom is 0.128 e. The molecule has 2 aromatic rings. The molecule has 2 heteroatoms. The van der Waals surface area contributed by atoms with Crippen LogP contribution in [0.15, 0.2) is 53.5 Å². The summed E-state index contributed by atoms with van der Waals surface area (Å²) in [6, 6.07) is 16.7. The quantitative estimate of drug-likeness (QED) is 0.832. The highest BCUT2D eigenvalue weighted by molar-refractivity contribution is 5.84. The Morgan fingerprint density at radius 3 is 2.43 bits per heavy atom. The van der Waals surface area contributed by atoms with Crippen molar-refractivity contribution in [2.24, 2.45) is 4.99 Å². The molecular weight excluding hydrogens is 258 g/mol. The summed E-state index contributed by atoms with van der Waals surface area (Å²) < 4.78 is 0. The highest BCUT2D eigenvalue weighted by Gasteiger charge is 2.27. The monoisotopic (exact) mass is 279 g/mol. The summed E-state index contributed by atoms with van der Waals surface area (Å²) in [6.45, 7) is 4.28. The van der Waals surface area contributed by atoms with Crippen LogP contribution in [0.1, 0.15) is 43.4 Å². The predicted molar refractivity (Wildman–Crippen MR) is 87.3 cm³/mol. The van der Waals surface area contributed by atoms with E-state index in [-0.39, 0.29) is 5.41 Å². The van der Waals surface area contributed by atoms with E-state index in [4.69, 9.17) is 0 Å². The summed E-state index contributed by atoms with van der Waals surface area (Å²) in [5, 5.41) is 10.6. The van der Waals surface area contributed by atoms with Crippen LogP contribution in [0.2, 0.25) is 0 Å². The summed E-state index contributed by atoms with van der Waals surface area (Å²) in [7, 11) is 0. The fraction of sp³-hybridized carbons (Fsp3) is 0.316. The minimum atomic E-state index is -0.241. The van der Waals surface area contributed by atoms with Crippen molar-refractivity contribution in [1.82, 2.24) is 0 Å². The SMILES string of the molecule is CC(C)(c1ccccc1)c1cccc(C=NC2CC2)c1O. The number of phenols is 1. The molecule has 1 aliphatic carbocycles. The number of hydrogen-bond donors (Lipinski definition) is 1. The minimum absolute atomic E-state index is 0.241. The van der Waals surface area contributed by atoms with Crippen molar-refractivity contribution >= 4 is 6.21 Å². The van der Waals surface area contributed by atoms with Crippen LogP contribution in [-0.4, -0.2) is 17.4 Å². The standard InChI is InChI=1S/C19H21NO/c1-19(2,15-8-4-3-5-9-15)17-10-6-7-14(18(17)21)13-20-16-11-12-16/h3-10,13,16,21H,11-12H2,1-2H3. The van der Waals surface area contributed by atoms with E-state index in [0.717, 1.165) is 11.1 Å². The fourth-order valence-electron chi connectivity index (χ4n) is 2.59. The number of phenolic OH excluding ortho intramolecular Hbond substituents is 1. The number of aliphatic imine (C=N–C) groups is 1. The van der Waals surface area contributed by atoms with Gasteiger partial charge in [0, 0.05) is 22.8 Å². The van der Waals surface area contributed by atoms with E-state index < -0.39 is 0 Å². The van der Waals surface area contributed by atoms with Gasteiger partial charge >= 0.3 is 0 Å². The van der Waals surface area contributed by atoms with Crippen LogP contribution < -0.4 is 0 Å². The average molecular weight is 279 g/mol. The fourth-order valence-corrected chi connectivity index (χ4v) is 2.59. The third-order valence-electron chi connectivity index (χ3n) is 4.21. The van der Waals surface area contributed by atoms with Gasteiger partial charge in [-0.05, 0) is 24.5 Å². The molecule has 3 rings (SSSR count). The smallest absolute Gasteiger partial charge is 0.128 e. The Morgan fingerprint density at radius 1 is 1.05 bits per heavy atom. The third-order valence-corrected chi connectivity index (χ3v) is 4.21. The second kappa shape index (κ2) is 5.36.